The molecule has 1 aromatic rings. The summed E-state index contributed by atoms with van der Waals surface area (Å²) in [5.41, 5.74) is 1.04. The summed E-state index contributed by atoms with van der Waals surface area (Å²) in [6.45, 7) is 6.36. The molecular formula is C31H40N4O10. The lowest BCUT2D eigenvalue weighted by Crippen LogP contribution is -2.52. The second-order valence-corrected chi connectivity index (χ2v) is 11.2. The van der Waals surface area contributed by atoms with Crippen LogP contribution in [-0.2, 0) is 49.7 Å². The summed E-state index contributed by atoms with van der Waals surface area (Å²) >= 11 is 0. The van der Waals surface area contributed by atoms with Crippen LogP contribution in [0.3, 0.4) is 0 Å². The van der Waals surface area contributed by atoms with Crippen molar-refractivity contribution < 1.29 is 48.2 Å². The Morgan fingerprint density at radius 1 is 0.867 bits per heavy atom. The monoisotopic (exact) mass is 628 g/mol. The number of carbonyl (C=O) groups excluding carboxylic acids is 7. The van der Waals surface area contributed by atoms with Gasteiger partial charge in [0.05, 0.1) is 0 Å². The number of imide groups is 1. The van der Waals surface area contributed by atoms with E-state index in [2.05, 4.69) is 16.0 Å². The van der Waals surface area contributed by atoms with Crippen molar-refractivity contribution in [3.8, 4) is 0 Å². The minimum absolute atomic E-state index is 0.0310. The highest BCUT2D eigenvalue weighted by molar-refractivity contribution is 6.13. The second-order valence-electron chi connectivity index (χ2n) is 11.2. The molecule has 0 unspecified atom stereocenters. The van der Waals surface area contributed by atoms with Crippen molar-refractivity contribution in [2.75, 3.05) is 11.9 Å². The quantitative estimate of drug-likeness (QED) is 0.136. The molecule has 0 saturated carbocycles. The van der Waals surface area contributed by atoms with E-state index in [0.717, 1.165) is 17.1 Å². The molecule has 5 amide bonds. The first-order chi connectivity index (χ1) is 21.2. The van der Waals surface area contributed by atoms with Gasteiger partial charge in [0, 0.05) is 56.5 Å². The standard InChI is InChI=1S/C31H40N4O10/c1-18(2)15-22(16-24(37)13-14-35-26(38)10-11-27(35)39)30(43)32-19(3)29(42)34-25(9-12-28(40)41)31(44)33-23-7-5-21(6-8-23)17-45-20(4)36/h5-8,10-11,18-19,22,25H,9,12-17H2,1-4H3,(H,32,43)(H,33,44)(H,34,42)(H,40,41)/t19-,22+,25-/m0/s1. The highest BCUT2D eigenvalue weighted by atomic mass is 16.5. The zero-order chi connectivity index (χ0) is 33.7. The number of Topliss-reactive ketones (excluding diaryl/α,β-unsaturated/α-hetero) is 1. The Kier molecular flexibility index (Phi) is 14.1. The number of amides is 5. The first kappa shape index (κ1) is 36.3. The molecule has 244 valence electrons. The van der Waals surface area contributed by atoms with Gasteiger partial charge >= 0.3 is 11.9 Å². The number of ketones is 1. The van der Waals surface area contributed by atoms with Crippen molar-refractivity contribution in [3.05, 3.63) is 42.0 Å². The summed E-state index contributed by atoms with van der Waals surface area (Å²) in [7, 11) is 0. The van der Waals surface area contributed by atoms with E-state index >= 15 is 0 Å². The van der Waals surface area contributed by atoms with Crippen molar-refractivity contribution in [1.82, 2.24) is 15.5 Å². The van der Waals surface area contributed by atoms with E-state index < -0.39 is 65.9 Å². The zero-order valence-electron chi connectivity index (χ0n) is 25.8. The Morgan fingerprint density at radius 2 is 1.49 bits per heavy atom. The summed E-state index contributed by atoms with van der Waals surface area (Å²) in [6, 6.07) is 4.00. The van der Waals surface area contributed by atoms with Crippen LogP contribution in [0.2, 0.25) is 0 Å². The molecule has 1 aliphatic rings. The number of esters is 1. The SMILES string of the molecule is CC(=O)OCc1ccc(NC(=O)[C@H](CCC(=O)O)NC(=O)[C@H](C)NC(=O)[C@@H](CC(=O)CCN2C(=O)C=CC2=O)CC(C)C)cc1. The maximum absolute atomic E-state index is 13.1. The number of hydrogen-bond acceptors (Lipinski definition) is 9. The van der Waals surface area contributed by atoms with Gasteiger partial charge in [-0.25, -0.2) is 0 Å². The molecule has 0 bridgehead atoms. The summed E-state index contributed by atoms with van der Waals surface area (Å²) in [5.74, 6) is -5.68. The lowest BCUT2D eigenvalue weighted by Gasteiger charge is -2.23. The molecule has 0 radical (unpaired) electrons. The van der Waals surface area contributed by atoms with Crippen LogP contribution >= 0.6 is 0 Å². The third kappa shape index (κ3) is 12.7. The van der Waals surface area contributed by atoms with Crippen LogP contribution in [-0.4, -0.2) is 75.9 Å². The van der Waals surface area contributed by atoms with E-state index in [9.17, 15) is 38.4 Å². The molecule has 0 fully saturated rings. The van der Waals surface area contributed by atoms with Crippen LogP contribution in [0.15, 0.2) is 36.4 Å². The fourth-order valence-electron chi connectivity index (χ4n) is 4.45. The first-order valence-electron chi connectivity index (χ1n) is 14.6. The molecular weight excluding hydrogens is 588 g/mol. The molecule has 0 saturated heterocycles. The van der Waals surface area contributed by atoms with Crippen LogP contribution in [0.1, 0.15) is 65.4 Å². The van der Waals surface area contributed by atoms with Gasteiger partial charge in [-0.1, -0.05) is 26.0 Å². The number of carboxylic acid groups (broad SMARTS) is 1. The van der Waals surface area contributed by atoms with Crippen LogP contribution < -0.4 is 16.0 Å². The Morgan fingerprint density at radius 3 is 2.04 bits per heavy atom. The number of carboxylic acids is 1. The van der Waals surface area contributed by atoms with Crippen molar-refractivity contribution in [2.45, 2.75) is 78.5 Å². The summed E-state index contributed by atoms with van der Waals surface area (Å²) in [5, 5.41) is 16.8. The lowest BCUT2D eigenvalue weighted by molar-refractivity contribution is -0.142. The molecule has 1 aliphatic heterocycles. The maximum Gasteiger partial charge on any atom is 0.303 e. The van der Waals surface area contributed by atoms with E-state index in [1.54, 1.807) is 24.3 Å². The number of carbonyl (C=O) groups is 8. The third-order valence-electron chi connectivity index (χ3n) is 6.81. The number of nitrogens with one attached hydrogen (secondary N) is 3. The summed E-state index contributed by atoms with van der Waals surface area (Å²) < 4.78 is 4.92. The average molecular weight is 629 g/mol. The second kappa shape index (κ2) is 17.4. The maximum atomic E-state index is 13.1. The van der Waals surface area contributed by atoms with Crippen molar-refractivity contribution in [3.63, 3.8) is 0 Å². The highest BCUT2D eigenvalue weighted by Gasteiger charge is 2.29. The molecule has 45 heavy (non-hydrogen) atoms. The predicted molar refractivity (Wildman–Crippen MR) is 160 cm³/mol. The van der Waals surface area contributed by atoms with Crippen molar-refractivity contribution in [1.29, 1.82) is 0 Å². The Hall–Kier alpha value is -4.88. The van der Waals surface area contributed by atoms with Gasteiger partial charge in [0.1, 0.15) is 24.5 Å². The molecule has 14 nitrogen and oxygen atoms in total. The largest absolute Gasteiger partial charge is 0.481 e. The average Bonchev–Trinajstić information content (AvgIpc) is 3.28. The molecule has 0 spiro atoms. The zero-order valence-corrected chi connectivity index (χ0v) is 25.8. The van der Waals surface area contributed by atoms with E-state index in [4.69, 9.17) is 9.84 Å². The predicted octanol–water partition coefficient (Wildman–Crippen LogP) is 1.48. The van der Waals surface area contributed by atoms with Crippen LogP contribution in [0.25, 0.3) is 0 Å². The smallest absolute Gasteiger partial charge is 0.303 e. The number of ether oxygens (including phenoxy) is 1. The van der Waals surface area contributed by atoms with Gasteiger partial charge in [-0.05, 0) is 43.4 Å². The van der Waals surface area contributed by atoms with Gasteiger partial charge in [0.15, 0.2) is 0 Å². The summed E-state index contributed by atoms with van der Waals surface area (Å²) in [4.78, 5) is 98.4. The normalized spacial score (nSPS) is 14.5. The number of nitrogens with zero attached hydrogens (tertiary/aromatic N) is 1. The molecule has 2 rings (SSSR count). The first-order valence-corrected chi connectivity index (χ1v) is 14.6. The molecule has 1 heterocycles. The van der Waals surface area contributed by atoms with Crippen LogP contribution in [0, 0.1) is 11.8 Å². The van der Waals surface area contributed by atoms with Crippen molar-refractivity contribution in [2.24, 2.45) is 11.8 Å². The molecule has 1 aromatic carbocycles. The van der Waals surface area contributed by atoms with Gasteiger partial charge in [-0.15, -0.1) is 0 Å². The Bertz CT molecular complexity index is 1300. The van der Waals surface area contributed by atoms with E-state index in [1.165, 1.54) is 13.8 Å². The molecule has 0 aromatic heterocycles. The van der Waals surface area contributed by atoms with Crippen LogP contribution in [0.5, 0.6) is 0 Å². The van der Waals surface area contributed by atoms with Gasteiger partial charge in [0.2, 0.25) is 17.7 Å². The molecule has 0 aliphatic carbocycles. The summed E-state index contributed by atoms with van der Waals surface area (Å²) in [6.07, 6.45) is 1.66. The van der Waals surface area contributed by atoms with Crippen molar-refractivity contribution >= 4 is 52.9 Å². The minimum Gasteiger partial charge on any atom is -0.481 e. The van der Waals surface area contributed by atoms with Gasteiger partial charge in [-0.3, -0.25) is 43.3 Å². The Labute approximate surface area is 260 Å². The third-order valence-corrected chi connectivity index (χ3v) is 6.81. The molecule has 3 atom stereocenters. The fraction of sp³-hybridized carbons (Fsp3) is 0.484. The van der Waals surface area contributed by atoms with Gasteiger partial charge in [0.25, 0.3) is 11.8 Å². The highest BCUT2D eigenvalue weighted by Crippen LogP contribution is 2.18. The topological polar surface area (TPSA) is 205 Å². The number of rotatable bonds is 18. The number of benzene rings is 1. The number of aliphatic carboxylic acids is 1. The van der Waals surface area contributed by atoms with E-state index in [0.29, 0.717) is 17.7 Å². The van der Waals surface area contributed by atoms with Crippen LogP contribution in [0.4, 0.5) is 5.69 Å². The van der Waals surface area contributed by atoms with Gasteiger partial charge < -0.3 is 25.8 Å². The molecule has 14 heteroatoms. The Balaban J connectivity index is 2.00. The van der Waals surface area contributed by atoms with Gasteiger partial charge in [-0.2, -0.15) is 0 Å². The van der Waals surface area contributed by atoms with E-state index in [-0.39, 0.29) is 44.1 Å². The molecule has 4 N–H and O–H groups in total. The number of hydrogen-bond donors (Lipinski definition) is 4. The lowest BCUT2D eigenvalue weighted by atomic mass is 9.90. The number of anilines is 1. The minimum atomic E-state index is -1.24. The fourth-order valence-corrected chi connectivity index (χ4v) is 4.45. The van der Waals surface area contributed by atoms with E-state index in [1.807, 2.05) is 13.8 Å².